The summed E-state index contributed by atoms with van der Waals surface area (Å²) >= 11 is 6.27. The van der Waals surface area contributed by atoms with Gasteiger partial charge in [0.15, 0.2) is 6.29 Å². The van der Waals surface area contributed by atoms with E-state index in [1.807, 2.05) is 11.8 Å². The van der Waals surface area contributed by atoms with Crippen LogP contribution in [0.3, 0.4) is 0 Å². The Hall–Kier alpha value is -2.13. The SMILES string of the molecule is C=C/C(=C(C=O)\C(Cl)=C/C)N(C(C)=NC)c1ccc(C(C)CC)cc1C. The van der Waals surface area contributed by atoms with E-state index in [1.165, 1.54) is 5.56 Å². The van der Waals surface area contributed by atoms with Crippen LogP contribution in [0.25, 0.3) is 0 Å². The molecule has 1 unspecified atom stereocenters. The van der Waals surface area contributed by atoms with Crippen molar-refractivity contribution in [1.29, 1.82) is 0 Å². The first-order valence-electron chi connectivity index (χ1n) is 8.84. The Morgan fingerprint density at radius 1 is 1.42 bits per heavy atom. The molecule has 1 atom stereocenters. The van der Waals surface area contributed by atoms with Crippen LogP contribution in [0.4, 0.5) is 5.69 Å². The summed E-state index contributed by atoms with van der Waals surface area (Å²) in [6, 6.07) is 6.39. The van der Waals surface area contributed by atoms with Crippen LogP contribution in [0.1, 0.15) is 51.2 Å². The lowest BCUT2D eigenvalue weighted by molar-refractivity contribution is -0.104. The van der Waals surface area contributed by atoms with Gasteiger partial charge in [-0.05, 0) is 56.4 Å². The molecule has 0 aliphatic carbocycles. The monoisotopic (exact) mass is 372 g/mol. The summed E-state index contributed by atoms with van der Waals surface area (Å²) in [5.41, 5.74) is 4.36. The van der Waals surface area contributed by atoms with E-state index in [0.717, 1.165) is 29.8 Å². The number of aliphatic imine (C=N–C) groups is 1. The number of hydrogen-bond acceptors (Lipinski definition) is 2. The highest BCUT2D eigenvalue weighted by molar-refractivity contribution is 6.34. The molecule has 0 amide bonds. The third-order valence-electron chi connectivity index (χ3n) is 4.63. The van der Waals surface area contributed by atoms with Gasteiger partial charge in [0.05, 0.1) is 17.0 Å². The number of benzene rings is 1. The van der Waals surface area contributed by atoms with Gasteiger partial charge in [-0.25, -0.2) is 0 Å². The first kappa shape index (κ1) is 21.9. The maximum atomic E-state index is 11.7. The van der Waals surface area contributed by atoms with Gasteiger partial charge in [-0.1, -0.05) is 50.2 Å². The highest BCUT2D eigenvalue weighted by Gasteiger charge is 2.20. The first-order chi connectivity index (χ1) is 12.4. The molecule has 26 heavy (non-hydrogen) atoms. The second kappa shape index (κ2) is 10.1. The van der Waals surface area contributed by atoms with Crippen molar-refractivity contribution in [2.45, 2.75) is 47.0 Å². The molecule has 1 rings (SSSR count). The molecule has 0 N–H and O–H groups in total. The van der Waals surface area contributed by atoms with Crippen molar-refractivity contribution in [3.63, 3.8) is 0 Å². The lowest BCUT2D eigenvalue weighted by Crippen LogP contribution is -2.29. The Morgan fingerprint density at radius 2 is 2.08 bits per heavy atom. The molecule has 0 aliphatic rings. The number of amidine groups is 1. The van der Waals surface area contributed by atoms with E-state index in [4.69, 9.17) is 11.6 Å². The molecule has 0 saturated carbocycles. The molecule has 0 aromatic heterocycles. The van der Waals surface area contributed by atoms with Gasteiger partial charge in [-0.3, -0.25) is 14.7 Å². The molecule has 3 nitrogen and oxygen atoms in total. The lowest BCUT2D eigenvalue weighted by atomic mass is 9.96. The van der Waals surface area contributed by atoms with Crippen molar-refractivity contribution in [3.8, 4) is 0 Å². The summed E-state index contributed by atoms with van der Waals surface area (Å²) in [4.78, 5) is 18.0. The van der Waals surface area contributed by atoms with E-state index in [2.05, 4.69) is 50.5 Å². The van der Waals surface area contributed by atoms with Crippen molar-refractivity contribution in [2.75, 3.05) is 11.9 Å². The van der Waals surface area contributed by atoms with Crippen LogP contribution in [0.15, 0.2) is 58.2 Å². The van der Waals surface area contributed by atoms with Gasteiger partial charge in [-0.2, -0.15) is 0 Å². The fourth-order valence-electron chi connectivity index (χ4n) is 2.77. The minimum atomic E-state index is 0.387. The van der Waals surface area contributed by atoms with Crippen LogP contribution in [0.2, 0.25) is 0 Å². The number of aldehydes is 1. The third kappa shape index (κ3) is 4.73. The average molecular weight is 373 g/mol. The molecule has 1 aromatic rings. The third-order valence-corrected chi connectivity index (χ3v) is 5.05. The highest BCUT2D eigenvalue weighted by atomic mass is 35.5. The normalized spacial score (nSPS) is 14.6. The Labute approximate surface area is 162 Å². The number of anilines is 1. The first-order valence-corrected chi connectivity index (χ1v) is 9.22. The molecule has 0 radical (unpaired) electrons. The lowest BCUT2D eigenvalue weighted by Gasteiger charge is -2.29. The standard InChI is InChI=1S/C22H29ClN2O/c1-8-15(4)18-11-12-22(16(5)13-18)25(17(6)24-7)21(10-3)19(14-26)20(23)9-2/h9-15H,3,8H2,1-2,4-7H3/b20-9+,21-19+,24-17?. The maximum Gasteiger partial charge on any atom is 0.153 e. The number of rotatable bonds is 7. The Kier molecular flexibility index (Phi) is 8.53. The summed E-state index contributed by atoms with van der Waals surface area (Å²) in [6.07, 6.45) is 5.19. The Bertz CT molecular complexity index is 759. The predicted molar refractivity (Wildman–Crippen MR) is 114 cm³/mol. The van der Waals surface area contributed by atoms with Gasteiger partial charge in [0, 0.05) is 12.1 Å². The zero-order valence-corrected chi connectivity index (χ0v) is 17.4. The second-order valence-corrected chi connectivity index (χ2v) is 6.63. The summed E-state index contributed by atoms with van der Waals surface area (Å²) in [6.45, 7) is 14.1. The number of aryl methyl sites for hydroxylation is 1. The number of carbonyl (C=O) groups is 1. The second-order valence-electron chi connectivity index (χ2n) is 6.22. The Morgan fingerprint density at radius 3 is 2.50 bits per heavy atom. The van der Waals surface area contributed by atoms with E-state index < -0.39 is 0 Å². The van der Waals surface area contributed by atoms with E-state index in [-0.39, 0.29) is 0 Å². The largest absolute Gasteiger partial charge is 0.298 e. The smallest absolute Gasteiger partial charge is 0.153 e. The van der Waals surface area contributed by atoms with Crippen LogP contribution < -0.4 is 4.90 Å². The molecular formula is C22H29ClN2O. The van der Waals surface area contributed by atoms with Crippen molar-refractivity contribution in [2.24, 2.45) is 4.99 Å². The fourth-order valence-corrected chi connectivity index (χ4v) is 2.91. The van der Waals surface area contributed by atoms with E-state index in [9.17, 15) is 4.79 Å². The molecule has 4 heteroatoms. The van der Waals surface area contributed by atoms with Gasteiger partial charge in [0.1, 0.15) is 5.84 Å². The van der Waals surface area contributed by atoms with Crippen molar-refractivity contribution in [3.05, 3.63) is 64.4 Å². The quantitative estimate of drug-likeness (QED) is 0.189. The molecule has 0 fully saturated rings. The zero-order chi connectivity index (χ0) is 19.9. The Balaban J connectivity index is 3.70. The van der Waals surface area contributed by atoms with E-state index in [0.29, 0.717) is 22.2 Å². The van der Waals surface area contributed by atoms with Gasteiger partial charge < -0.3 is 0 Å². The molecule has 0 heterocycles. The van der Waals surface area contributed by atoms with Gasteiger partial charge in [-0.15, -0.1) is 0 Å². The van der Waals surface area contributed by atoms with Crippen molar-refractivity contribution in [1.82, 2.24) is 0 Å². The summed E-state index contributed by atoms with van der Waals surface area (Å²) in [5.74, 6) is 1.24. The van der Waals surface area contributed by atoms with Crippen LogP contribution in [0, 0.1) is 6.92 Å². The number of nitrogens with zero attached hydrogens (tertiary/aromatic N) is 2. The predicted octanol–water partition coefficient (Wildman–Crippen LogP) is 6.14. The molecule has 0 spiro atoms. The molecule has 0 saturated heterocycles. The van der Waals surface area contributed by atoms with E-state index >= 15 is 0 Å². The number of allylic oxidation sites excluding steroid dienone is 4. The van der Waals surface area contributed by atoms with Gasteiger partial charge >= 0.3 is 0 Å². The fraction of sp³-hybridized carbons (Fsp3) is 0.364. The van der Waals surface area contributed by atoms with Gasteiger partial charge in [0.25, 0.3) is 0 Å². The molecule has 0 bridgehead atoms. The number of hydrogen-bond donors (Lipinski definition) is 0. The maximum absolute atomic E-state index is 11.7. The summed E-state index contributed by atoms with van der Waals surface area (Å²) < 4.78 is 0. The van der Waals surface area contributed by atoms with Crippen molar-refractivity contribution < 1.29 is 4.79 Å². The molecule has 0 aliphatic heterocycles. The van der Waals surface area contributed by atoms with Crippen LogP contribution in [0.5, 0.6) is 0 Å². The molecule has 1 aromatic carbocycles. The molecular weight excluding hydrogens is 344 g/mol. The van der Waals surface area contributed by atoms with Crippen LogP contribution >= 0.6 is 11.6 Å². The van der Waals surface area contributed by atoms with Crippen LogP contribution in [-0.4, -0.2) is 19.2 Å². The average Bonchev–Trinajstić information content (AvgIpc) is 2.66. The minimum Gasteiger partial charge on any atom is -0.298 e. The zero-order valence-electron chi connectivity index (χ0n) is 16.6. The topological polar surface area (TPSA) is 32.7 Å². The van der Waals surface area contributed by atoms with Gasteiger partial charge in [0.2, 0.25) is 0 Å². The number of carbonyl (C=O) groups excluding carboxylic acids is 1. The summed E-state index contributed by atoms with van der Waals surface area (Å²) in [7, 11) is 1.73. The van der Waals surface area contributed by atoms with Crippen molar-refractivity contribution >= 4 is 29.4 Å². The summed E-state index contributed by atoms with van der Waals surface area (Å²) in [5, 5.41) is 0.387. The van der Waals surface area contributed by atoms with Crippen LogP contribution in [-0.2, 0) is 4.79 Å². The number of halogens is 1. The van der Waals surface area contributed by atoms with E-state index in [1.54, 1.807) is 26.1 Å². The highest BCUT2D eigenvalue weighted by Crippen LogP contribution is 2.31. The minimum absolute atomic E-state index is 0.387. The molecule has 140 valence electrons.